The third kappa shape index (κ3) is 5.31. The third-order valence-corrected chi connectivity index (χ3v) is 6.72. The molecule has 0 aliphatic heterocycles. The van der Waals surface area contributed by atoms with Crippen molar-refractivity contribution >= 4 is 27.6 Å². The molecule has 0 bridgehead atoms. The van der Waals surface area contributed by atoms with Crippen LogP contribution in [0.15, 0.2) is 53.4 Å². The highest BCUT2D eigenvalue weighted by Crippen LogP contribution is 2.30. The molecular weight excluding hydrogens is 386 g/mol. The lowest BCUT2D eigenvalue weighted by atomic mass is 9.94. The predicted molar refractivity (Wildman–Crippen MR) is 102 cm³/mol. The Balaban J connectivity index is 1.66. The smallest absolute Gasteiger partial charge is 0.240 e. The highest BCUT2D eigenvalue weighted by Gasteiger charge is 2.31. The molecule has 1 fully saturated rings. The Morgan fingerprint density at radius 2 is 1.67 bits per heavy atom. The molecule has 1 aliphatic rings. The van der Waals surface area contributed by atoms with Gasteiger partial charge in [0.25, 0.3) is 0 Å². The summed E-state index contributed by atoms with van der Waals surface area (Å²) in [6.07, 6.45) is 3.38. The number of carbonyl (C=O) groups is 1. The molecule has 2 atom stereocenters. The number of nitrogens with one attached hydrogen (secondary N) is 1. The molecule has 0 spiro atoms. The van der Waals surface area contributed by atoms with Gasteiger partial charge in [0.15, 0.2) is 0 Å². The molecule has 1 aliphatic carbocycles. The van der Waals surface area contributed by atoms with Gasteiger partial charge in [-0.3, -0.25) is 0 Å². The van der Waals surface area contributed by atoms with E-state index in [0.29, 0.717) is 10.6 Å². The van der Waals surface area contributed by atoms with Crippen molar-refractivity contribution in [2.45, 2.75) is 43.0 Å². The Bertz CT molecular complexity index is 895. The first kappa shape index (κ1) is 19.9. The zero-order valence-corrected chi connectivity index (χ0v) is 16.3. The Labute approximate surface area is 164 Å². The van der Waals surface area contributed by atoms with Gasteiger partial charge < -0.3 is 9.90 Å². The van der Waals surface area contributed by atoms with Crippen LogP contribution >= 0.6 is 11.6 Å². The molecule has 1 saturated carbocycles. The van der Waals surface area contributed by atoms with E-state index in [1.165, 1.54) is 12.1 Å². The van der Waals surface area contributed by atoms with Gasteiger partial charge in [0.05, 0.1) is 4.90 Å². The molecule has 2 aromatic rings. The molecule has 3 rings (SSSR count). The van der Waals surface area contributed by atoms with Crippen LogP contribution in [0, 0.1) is 5.92 Å². The lowest BCUT2D eigenvalue weighted by molar-refractivity contribution is -0.304. The third-order valence-electron chi connectivity index (χ3n) is 4.96. The van der Waals surface area contributed by atoms with Gasteiger partial charge in [0, 0.05) is 23.5 Å². The molecular formula is C20H21ClNO4S-. The maximum atomic E-state index is 12.6. The van der Waals surface area contributed by atoms with Crippen molar-refractivity contribution in [2.24, 2.45) is 5.92 Å². The van der Waals surface area contributed by atoms with Crippen LogP contribution in [0.4, 0.5) is 0 Å². The van der Waals surface area contributed by atoms with Gasteiger partial charge in [-0.15, -0.1) is 0 Å². The van der Waals surface area contributed by atoms with Gasteiger partial charge in [-0.05, 0) is 60.6 Å². The quantitative estimate of drug-likeness (QED) is 0.764. The molecule has 7 heteroatoms. The van der Waals surface area contributed by atoms with E-state index < -0.39 is 16.0 Å². The number of carboxylic acid groups (broad SMARTS) is 1. The number of benzene rings is 2. The summed E-state index contributed by atoms with van der Waals surface area (Å²) >= 11 is 5.83. The number of carboxylic acids is 1. The average Bonchev–Trinajstić information content (AvgIpc) is 3.02. The second-order valence-corrected chi connectivity index (χ2v) is 9.09. The summed E-state index contributed by atoms with van der Waals surface area (Å²) < 4.78 is 28.1. The number of sulfonamides is 1. The first-order chi connectivity index (χ1) is 12.8. The van der Waals surface area contributed by atoms with Crippen molar-refractivity contribution in [1.29, 1.82) is 0 Å². The Kier molecular flexibility index (Phi) is 6.19. The molecule has 0 radical (unpaired) electrons. The van der Waals surface area contributed by atoms with Crippen LogP contribution < -0.4 is 9.83 Å². The fourth-order valence-corrected chi connectivity index (χ4v) is 5.05. The Morgan fingerprint density at radius 1 is 1.04 bits per heavy atom. The number of hydrogen-bond donors (Lipinski definition) is 1. The van der Waals surface area contributed by atoms with Crippen LogP contribution in [0.5, 0.6) is 0 Å². The van der Waals surface area contributed by atoms with Crippen molar-refractivity contribution in [3.63, 3.8) is 0 Å². The minimum Gasteiger partial charge on any atom is -0.550 e. The summed E-state index contributed by atoms with van der Waals surface area (Å²) in [7, 11) is -3.59. The molecule has 0 amide bonds. The van der Waals surface area contributed by atoms with E-state index in [9.17, 15) is 18.3 Å². The predicted octanol–water partition coefficient (Wildman–Crippen LogP) is 2.32. The molecule has 144 valence electrons. The van der Waals surface area contributed by atoms with Gasteiger partial charge in [-0.25, -0.2) is 13.1 Å². The maximum absolute atomic E-state index is 12.6. The molecule has 0 aromatic heterocycles. The topological polar surface area (TPSA) is 86.3 Å². The number of hydrogen-bond acceptors (Lipinski definition) is 4. The van der Waals surface area contributed by atoms with Crippen LogP contribution in [0.3, 0.4) is 0 Å². The zero-order chi connectivity index (χ0) is 19.4. The molecule has 2 aromatic carbocycles. The largest absolute Gasteiger partial charge is 0.550 e. The fourth-order valence-electron chi connectivity index (χ4n) is 3.58. The second-order valence-electron chi connectivity index (χ2n) is 6.94. The van der Waals surface area contributed by atoms with Crippen molar-refractivity contribution in [1.82, 2.24) is 4.72 Å². The van der Waals surface area contributed by atoms with Crippen LogP contribution in [0.1, 0.15) is 30.4 Å². The summed E-state index contributed by atoms with van der Waals surface area (Å²) in [6.45, 7) is 0. The van der Waals surface area contributed by atoms with E-state index >= 15 is 0 Å². The number of halogens is 1. The minimum absolute atomic E-state index is 0.104. The fraction of sp³-hybridized carbons (Fsp3) is 0.350. The molecule has 2 unspecified atom stereocenters. The molecule has 1 N–H and O–H groups in total. The van der Waals surface area contributed by atoms with Crippen LogP contribution in [0.25, 0.3) is 0 Å². The highest BCUT2D eigenvalue weighted by molar-refractivity contribution is 7.89. The molecule has 0 saturated heterocycles. The normalized spacial score (nSPS) is 19.9. The lowest BCUT2D eigenvalue weighted by Gasteiger charge is -2.21. The van der Waals surface area contributed by atoms with E-state index in [0.717, 1.165) is 31.2 Å². The van der Waals surface area contributed by atoms with Gasteiger partial charge in [-0.2, -0.15) is 0 Å². The molecule has 5 nitrogen and oxygen atoms in total. The van der Waals surface area contributed by atoms with E-state index in [4.69, 9.17) is 11.6 Å². The van der Waals surface area contributed by atoms with E-state index in [2.05, 4.69) is 4.72 Å². The summed E-state index contributed by atoms with van der Waals surface area (Å²) in [5, 5.41) is 11.2. The average molecular weight is 407 g/mol. The van der Waals surface area contributed by atoms with Crippen molar-refractivity contribution in [3.8, 4) is 0 Å². The summed E-state index contributed by atoms with van der Waals surface area (Å²) in [4.78, 5) is 10.9. The van der Waals surface area contributed by atoms with E-state index in [1.54, 1.807) is 24.3 Å². The summed E-state index contributed by atoms with van der Waals surface area (Å²) in [5.41, 5.74) is 1.77. The zero-order valence-electron chi connectivity index (χ0n) is 14.7. The van der Waals surface area contributed by atoms with Gasteiger partial charge >= 0.3 is 0 Å². The SMILES string of the molecule is O=C([O-])Cc1ccc(CC2CCCC2NS(=O)(=O)c2ccc(Cl)cc2)cc1. The van der Waals surface area contributed by atoms with Gasteiger partial charge in [0.1, 0.15) is 0 Å². The van der Waals surface area contributed by atoms with Crippen LogP contribution in [-0.4, -0.2) is 20.4 Å². The molecule has 27 heavy (non-hydrogen) atoms. The second kappa shape index (κ2) is 8.42. The number of carbonyl (C=O) groups excluding carboxylic acids is 1. The monoisotopic (exact) mass is 406 g/mol. The highest BCUT2D eigenvalue weighted by atomic mass is 35.5. The van der Waals surface area contributed by atoms with Crippen LogP contribution in [-0.2, 0) is 27.7 Å². The van der Waals surface area contributed by atoms with E-state index in [1.807, 2.05) is 12.1 Å². The van der Waals surface area contributed by atoms with Gasteiger partial charge in [0.2, 0.25) is 10.0 Å². The standard InChI is InChI=1S/C20H22ClNO4S/c21-17-8-10-18(11-9-17)27(25,26)22-19-3-1-2-16(19)12-14-4-6-15(7-5-14)13-20(23)24/h4-11,16,19,22H,1-3,12-13H2,(H,23,24)/p-1. The first-order valence-corrected chi connectivity index (χ1v) is 10.8. The van der Waals surface area contributed by atoms with Crippen molar-refractivity contribution in [3.05, 3.63) is 64.7 Å². The first-order valence-electron chi connectivity index (χ1n) is 8.89. The lowest BCUT2D eigenvalue weighted by Crippen LogP contribution is -2.38. The Morgan fingerprint density at radius 3 is 2.30 bits per heavy atom. The summed E-state index contributed by atoms with van der Waals surface area (Å²) in [5.74, 6) is -0.894. The van der Waals surface area contributed by atoms with E-state index in [-0.39, 0.29) is 23.3 Å². The number of aliphatic carboxylic acids is 1. The van der Waals surface area contributed by atoms with Crippen molar-refractivity contribution < 1.29 is 18.3 Å². The van der Waals surface area contributed by atoms with Gasteiger partial charge in [-0.1, -0.05) is 42.3 Å². The van der Waals surface area contributed by atoms with Crippen LogP contribution in [0.2, 0.25) is 5.02 Å². The molecule has 0 heterocycles. The summed E-state index contributed by atoms with van der Waals surface area (Å²) in [6, 6.07) is 13.4. The Hall–Kier alpha value is -1.89. The number of rotatable bonds is 7. The minimum atomic E-state index is -3.59. The maximum Gasteiger partial charge on any atom is 0.240 e. The van der Waals surface area contributed by atoms with Crippen molar-refractivity contribution in [2.75, 3.05) is 0 Å².